The molecule has 0 amide bonds. The maximum absolute atomic E-state index is 6.00. The minimum Gasteiger partial charge on any atom is -0.497 e. The first-order valence-corrected chi connectivity index (χ1v) is 12.6. The van der Waals surface area contributed by atoms with E-state index in [1.165, 1.54) is 5.56 Å². The molecule has 1 unspecified atom stereocenters. The number of fused-ring (bicyclic) bond motifs is 6. The Morgan fingerprint density at radius 3 is 2.70 bits per heavy atom. The van der Waals surface area contributed by atoms with Crippen molar-refractivity contribution in [1.29, 1.82) is 0 Å². The van der Waals surface area contributed by atoms with Crippen LogP contribution in [0, 0.1) is 0 Å². The molecule has 3 aliphatic heterocycles. The molecule has 0 radical (unpaired) electrons. The normalized spacial score (nSPS) is 18.9. The van der Waals surface area contributed by atoms with Gasteiger partial charge < -0.3 is 19.5 Å². The maximum atomic E-state index is 6.00. The average Bonchev–Trinajstić information content (AvgIpc) is 3.17. The Morgan fingerprint density at radius 2 is 1.84 bits per heavy atom. The largest absolute Gasteiger partial charge is 0.497 e. The van der Waals surface area contributed by atoms with Crippen LogP contribution in [0.4, 0.5) is 5.95 Å². The first kappa shape index (κ1) is 22.0. The fourth-order valence-corrected chi connectivity index (χ4v) is 5.18. The molecule has 3 aromatic carbocycles. The highest BCUT2D eigenvalue weighted by atomic mass is 16.5. The lowest BCUT2D eigenvalue weighted by molar-refractivity contribution is 0.263. The second-order valence-corrected chi connectivity index (χ2v) is 9.44. The van der Waals surface area contributed by atoms with Gasteiger partial charge in [-0.1, -0.05) is 30.3 Å². The Morgan fingerprint density at radius 1 is 1.00 bits per heavy atom. The van der Waals surface area contributed by atoms with Crippen LogP contribution in [-0.4, -0.2) is 54.1 Å². The molecule has 4 heterocycles. The van der Waals surface area contributed by atoms with Gasteiger partial charge in [0.25, 0.3) is 0 Å². The summed E-state index contributed by atoms with van der Waals surface area (Å²) >= 11 is 0. The summed E-state index contributed by atoms with van der Waals surface area (Å²) in [5.41, 5.74) is 4.29. The van der Waals surface area contributed by atoms with Gasteiger partial charge >= 0.3 is 0 Å². The Hall–Kier alpha value is -4.24. The van der Waals surface area contributed by atoms with Crippen LogP contribution in [0.3, 0.4) is 0 Å². The zero-order chi connectivity index (χ0) is 24.8. The van der Waals surface area contributed by atoms with E-state index in [4.69, 9.17) is 24.2 Å². The van der Waals surface area contributed by atoms with Crippen molar-refractivity contribution in [1.82, 2.24) is 19.8 Å². The van der Waals surface area contributed by atoms with E-state index in [2.05, 4.69) is 62.1 Å². The van der Waals surface area contributed by atoms with Crippen LogP contribution in [0.15, 0.2) is 71.7 Å². The maximum Gasteiger partial charge on any atom is 0.216 e. The Kier molecular flexibility index (Phi) is 5.35. The summed E-state index contributed by atoms with van der Waals surface area (Å²) < 4.78 is 19.4. The molecular weight excluding hydrogens is 468 g/mol. The van der Waals surface area contributed by atoms with Gasteiger partial charge in [-0.25, -0.2) is 9.98 Å². The van der Waals surface area contributed by atoms with Gasteiger partial charge in [0.2, 0.25) is 11.9 Å². The number of aliphatic imine (C=N–C) groups is 1. The Labute approximate surface area is 214 Å². The van der Waals surface area contributed by atoms with E-state index >= 15 is 0 Å². The third-order valence-electron chi connectivity index (χ3n) is 7.01. The minimum absolute atomic E-state index is 0.178. The highest BCUT2D eigenvalue weighted by molar-refractivity contribution is 5.98. The molecule has 0 fully saturated rings. The summed E-state index contributed by atoms with van der Waals surface area (Å²) in [6.07, 6.45) is 0.698. The monoisotopic (exact) mass is 496 g/mol. The molecule has 0 saturated carbocycles. The van der Waals surface area contributed by atoms with Gasteiger partial charge in [-0.2, -0.15) is 0 Å². The number of guanidine groups is 1. The van der Waals surface area contributed by atoms with Crippen molar-refractivity contribution in [2.45, 2.75) is 19.1 Å². The van der Waals surface area contributed by atoms with E-state index in [1.54, 1.807) is 7.11 Å². The number of aromatic nitrogens is 2. The van der Waals surface area contributed by atoms with Crippen molar-refractivity contribution in [2.75, 3.05) is 38.6 Å². The zero-order valence-corrected chi connectivity index (χ0v) is 20.6. The fourth-order valence-electron chi connectivity index (χ4n) is 5.18. The third-order valence-corrected chi connectivity index (χ3v) is 7.01. The molecule has 188 valence electrons. The summed E-state index contributed by atoms with van der Waals surface area (Å²) in [6.45, 7) is 3.37. The summed E-state index contributed by atoms with van der Waals surface area (Å²) in [7, 11) is 1.69. The van der Waals surface area contributed by atoms with Crippen molar-refractivity contribution in [3.05, 3.63) is 77.9 Å². The van der Waals surface area contributed by atoms with E-state index in [-0.39, 0.29) is 6.17 Å². The SMILES string of the molecule is COc1ccc(CN2CN=C3NC(c4ccc5c(c4)OCCCO5)n4c(nc5ccccc54)N3C2)cc1. The molecule has 0 aliphatic carbocycles. The number of rotatable bonds is 4. The number of hydrogen-bond donors (Lipinski definition) is 1. The molecule has 0 saturated heterocycles. The molecule has 9 nitrogen and oxygen atoms in total. The van der Waals surface area contributed by atoms with Crippen molar-refractivity contribution in [3.8, 4) is 17.2 Å². The van der Waals surface area contributed by atoms with Gasteiger partial charge in [-0.05, 0) is 47.5 Å². The standard InChI is InChI=1S/C28H28N6O3/c1-35-21-10-7-19(8-11-21)16-32-17-29-27-31-26(20-9-12-24-25(15-20)37-14-4-13-36-24)34-23-6-3-2-5-22(23)30-28(34)33(27)18-32/h2-3,5-12,15,26H,4,13-14,16-18H2,1H3,(H,29,31). The zero-order valence-electron chi connectivity index (χ0n) is 20.6. The molecule has 1 atom stereocenters. The first-order valence-electron chi connectivity index (χ1n) is 12.6. The highest BCUT2D eigenvalue weighted by Gasteiger charge is 2.36. The van der Waals surface area contributed by atoms with Gasteiger partial charge in [0.1, 0.15) is 11.9 Å². The van der Waals surface area contributed by atoms with E-state index in [9.17, 15) is 0 Å². The molecule has 7 rings (SSSR count). The van der Waals surface area contributed by atoms with Gasteiger partial charge in [-0.3, -0.25) is 14.4 Å². The second-order valence-electron chi connectivity index (χ2n) is 9.44. The number of nitrogens with one attached hydrogen (secondary N) is 1. The van der Waals surface area contributed by atoms with Crippen molar-refractivity contribution >= 4 is 22.9 Å². The number of benzene rings is 3. The summed E-state index contributed by atoms with van der Waals surface area (Å²) in [5.74, 6) is 4.12. The van der Waals surface area contributed by atoms with Crippen molar-refractivity contribution < 1.29 is 14.2 Å². The van der Waals surface area contributed by atoms with Crippen molar-refractivity contribution in [3.63, 3.8) is 0 Å². The summed E-state index contributed by atoms with van der Waals surface area (Å²) in [5, 5.41) is 3.69. The number of imidazole rings is 1. The first-order chi connectivity index (χ1) is 18.3. The molecule has 1 N–H and O–H groups in total. The van der Waals surface area contributed by atoms with Gasteiger partial charge in [0.05, 0.1) is 44.7 Å². The fraction of sp³-hybridized carbons (Fsp3) is 0.286. The quantitative estimate of drug-likeness (QED) is 0.459. The van der Waals surface area contributed by atoms with Gasteiger partial charge in [-0.15, -0.1) is 0 Å². The predicted octanol–water partition coefficient (Wildman–Crippen LogP) is 3.95. The van der Waals surface area contributed by atoms with E-state index < -0.39 is 0 Å². The Bertz CT molecular complexity index is 1480. The lowest BCUT2D eigenvalue weighted by Crippen LogP contribution is -2.57. The van der Waals surface area contributed by atoms with Gasteiger partial charge in [0, 0.05) is 13.0 Å². The third kappa shape index (κ3) is 3.92. The van der Waals surface area contributed by atoms with Gasteiger partial charge in [0.15, 0.2) is 11.5 Å². The van der Waals surface area contributed by atoms with Crippen LogP contribution < -0.4 is 24.4 Å². The minimum atomic E-state index is -0.178. The molecule has 37 heavy (non-hydrogen) atoms. The molecule has 3 aliphatic rings. The van der Waals surface area contributed by atoms with Crippen LogP contribution in [0.2, 0.25) is 0 Å². The van der Waals surface area contributed by atoms with Crippen LogP contribution >= 0.6 is 0 Å². The van der Waals surface area contributed by atoms with Crippen LogP contribution in [0.1, 0.15) is 23.7 Å². The average molecular weight is 497 g/mol. The number of methoxy groups -OCH3 is 1. The number of para-hydroxylation sites is 2. The number of hydrogen-bond acceptors (Lipinski definition) is 8. The molecule has 0 bridgehead atoms. The molecule has 0 spiro atoms. The van der Waals surface area contributed by atoms with E-state index in [0.717, 1.165) is 58.7 Å². The predicted molar refractivity (Wildman–Crippen MR) is 141 cm³/mol. The lowest BCUT2D eigenvalue weighted by Gasteiger charge is -2.41. The number of anilines is 1. The second kappa shape index (κ2) is 9.01. The smallest absolute Gasteiger partial charge is 0.216 e. The van der Waals surface area contributed by atoms with Crippen molar-refractivity contribution in [2.24, 2.45) is 4.99 Å². The topological polar surface area (TPSA) is 76.4 Å². The van der Waals surface area contributed by atoms with Crippen LogP contribution in [-0.2, 0) is 6.54 Å². The van der Waals surface area contributed by atoms with Crippen LogP contribution in [0.25, 0.3) is 11.0 Å². The number of ether oxygens (including phenoxy) is 3. The van der Waals surface area contributed by atoms with Crippen LogP contribution in [0.5, 0.6) is 17.2 Å². The van der Waals surface area contributed by atoms with E-state index in [0.29, 0.717) is 26.6 Å². The lowest BCUT2D eigenvalue weighted by atomic mass is 10.1. The molecular formula is C28H28N6O3. The summed E-state index contributed by atoms with van der Waals surface area (Å²) in [6, 6.07) is 22.6. The molecule has 9 heteroatoms. The molecule has 1 aromatic heterocycles. The Balaban J connectivity index is 1.25. The highest BCUT2D eigenvalue weighted by Crippen LogP contribution is 2.38. The summed E-state index contributed by atoms with van der Waals surface area (Å²) in [4.78, 5) is 14.4. The number of nitrogens with zero attached hydrogens (tertiary/aromatic N) is 5. The molecule has 4 aromatic rings. The van der Waals surface area contributed by atoms with E-state index in [1.807, 2.05) is 24.3 Å².